The maximum Gasteiger partial charge on any atom is 0.221 e. The van der Waals surface area contributed by atoms with Crippen molar-refractivity contribution in [3.63, 3.8) is 0 Å². The lowest BCUT2D eigenvalue weighted by Gasteiger charge is -2.41. The predicted molar refractivity (Wildman–Crippen MR) is 230 cm³/mol. The van der Waals surface area contributed by atoms with E-state index in [1.807, 2.05) is 42.6 Å². The molecule has 0 radical (unpaired) electrons. The van der Waals surface area contributed by atoms with Gasteiger partial charge in [0.05, 0.1) is 11.3 Å². The second-order valence-electron chi connectivity index (χ2n) is 14.1. The first-order valence-corrected chi connectivity index (χ1v) is 20.0. The zero-order chi connectivity index (χ0) is 37.8. The third-order valence-electron chi connectivity index (χ3n) is 10.9. The SMILES string of the molecule is C.CN1OC2(CC(C3CCCc4ccccc43)Oc3ccc(Br)cc32)N=C1N.CNO.Cl.N#CN=C1CC(C2CCCc3ccccc32)Oc2ccc(Br)cc21. The maximum absolute atomic E-state index is 9.08. The number of aryl methyl sites for hydroxylation is 2. The van der Waals surface area contributed by atoms with Gasteiger partial charge in [0, 0.05) is 53.3 Å². The van der Waals surface area contributed by atoms with E-state index in [4.69, 9.17) is 35.5 Å². The number of hydrogen-bond donors (Lipinski definition) is 3. The number of nitrogens with one attached hydrogen (secondary N) is 1. The molecule has 10 nitrogen and oxygen atoms in total. The van der Waals surface area contributed by atoms with Crippen LogP contribution in [-0.4, -0.2) is 48.2 Å². The summed E-state index contributed by atoms with van der Waals surface area (Å²) in [5.41, 5.74) is 15.3. The number of benzene rings is 4. The molecule has 2 aliphatic carbocycles. The highest BCUT2D eigenvalue weighted by Crippen LogP contribution is 2.50. The molecule has 5 unspecified atom stereocenters. The highest BCUT2D eigenvalue weighted by molar-refractivity contribution is 9.10. The standard InChI is InChI=1S/C21H22BrN3O2.C20H17BrN2O.CH5NO.CH4.ClH/c1-25-20(23)24-21(27-25)12-19(26-18-10-9-14(22)11-17(18)21)16-8-4-6-13-5-2-3-7-15(13)16;21-14-8-9-19-17(10-14)18(23-12-22)11-20(24-19)16-7-3-5-13-4-1-2-6-15(13)16;1-2-3;;/h2-3,5,7,9-11,16,19H,4,6,8,12H2,1H3,(H2,23,24);1-2,4,6,8-10,16,20H,3,5,7,11H2;2-3H,1H3;1H4;1H. The first-order valence-electron chi connectivity index (χ1n) is 18.4. The molecule has 5 aliphatic rings. The van der Waals surface area contributed by atoms with Crippen LogP contribution >= 0.6 is 44.3 Å². The molecule has 3 aliphatic heterocycles. The van der Waals surface area contributed by atoms with Gasteiger partial charge in [-0.15, -0.1) is 12.4 Å². The first kappa shape index (κ1) is 43.2. The average molecular weight is 909 g/mol. The minimum absolute atomic E-state index is 0. The molecule has 0 saturated heterocycles. The molecule has 1 spiro atoms. The lowest BCUT2D eigenvalue weighted by atomic mass is 9.76. The number of nitriles is 1. The molecular weight excluding hydrogens is 860 g/mol. The average Bonchev–Trinajstić information content (AvgIpc) is 3.47. The van der Waals surface area contributed by atoms with Gasteiger partial charge in [0.25, 0.3) is 0 Å². The Morgan fingerprint density at radius 3 is 2.04 bits per heavy atom. The van der Waals surface area contributed by atoms with E-state index in [2.05, 4.69) is 85.4 Å². The van der Waals surface area contributed by atoms with Gasteiger partial charge in [-0.1, -0.05) is 87.8 Å². The van der Waals surface area contributed by atoms with Gasteiger partial charge in [-0.2, -0.15) is 10.3 Å². The van der Waals surface area contributed by atoms with Gasteiger partial charge in [-0.05, 0) is 97.2 Å². The second kappa shape index (κ2) is 19.0. The number of nitrogens with zero attached hydrogens (tertiary/aromatic N) is 4. The van der Waals surface area contributed by atoms with Gasteiger partial charge in [0.2, 0.25) is 17.9 Å². The fourth-order valence-electron chi connectivity index (χ4n) is 8.55. The Morgan fingerprint density at radius 1 is 0.893 bits per heavy atom. The molecule has 0 amide bonds. The summed E-state index contributed by atoms with van der Waals surface area (Å²) in [6.45, 7) is 0. The second-order valence-corrected chi connectivity index (χ2v) is 16.0. The Labute approximate surface area is 352 Å². The topological polar surface area (TPSA) is 138 Å². The van der Waals surface area contributed by atoms with E-state index in [9.17, 15) is 0 Å². The maximum atomic E-state index is 9.08. The summed E-state index contributed by atoms with van der Waals surface area (Å²) in [5.74, 6) is 2.73. The van der Waals surface area contributed by atoms with Crippen LogP contribution in [0, 0.1) is 11.5 Å². The van der Waals surface area contributed by atoms with Crippen molar-refractivity contribution in [2.45, 2.75) is 88.6 Å². The zero-order valence-electron chi connectivity index (χ0n) is 30.8. The van der Waals surface area contributed by atoms with Gasteiger partial charge in [-0.3, -0.25) is 0 Å². The molecule has 13 heteroatoms. The summed E-state index contributed by atoms with van der Waals surface area (Å²) in [6, 6.07) is 29.3. The molecule has 5 atom stereocenters. The summed E-state index contributed by atoms with van der Waals surface area (Å²) >= 11 is 7.05. The molecular formula is C43H49Br2ClN6O4. The van der Waals surface area contributed by atoms with Crippen molar-refractivity contribution in [1.29, 1.82) is 5.26 Å². The van der Waals surface area contributed by atoms with E-state index in [0.29, 0.717) is 30.6 Å². The number of hydrogen-bond acceptors (Lipinski definition) is 10. The van der Waals surface area contributed by atoms with Gasteiger partial charge in [-0.25, -0.2) is 20.4 Å². The molecule has 3 heterocycles. The summed E-state index contributed by atoms with van der Waals surface area (Å²) in [6.07, 6.45) is 10.2. The lowest BCUT2D eigenvalue weighted by Crippen LogP contribution is -2.42. The van der Waals surface area contributed by atoms with E-state index in [-0.39, 0.29) is 32.0 Å². The quantitative estimate of drug-likeness (QED) is 0.134. The van der Waals surface area contributed by atoms with Gasteiger partial charge < -0.3 is 20.4 Å². The van der Waals surface area contributed by atoms with Gasteiger partial charge in [0.1, 0.15) is 23.7 Å². The number of rotatable bonds is 2. The van der Waals surface area contributed by atoms with E-state index in [1.165, 1.54) is 42.1 Å². The highest BCUT2D eigenvalue weighted by Gasteiger charge is 2.50. The van der Waals surface area contributed by atoms with Crippen molar-refractivity contribution in [2.75, 3.05) is 14.1 Å². The number of nitrogens with two attached hydrogens (primary N) is 1. The van der Waals surface area contributed by atoms with Crippen LogP contribution in [0.1, 0.15) is 91.2 Å². The van der Waals surface area contributed by atoms with Crippen molar-refractivity contribution >= 4 is 55.9 Å². The predicted octanol–water partition coefficient (Wildman–Crippen LogP) is 9.71. The van der Waals surface area contributed by atoms with Crippen LogP contribution in [0.5, 0.6) is 11.5 Å². The summed E-state index contributed by atoms with van der Waals surface area (Å²) in [7, 11) is 3.23. The molecule has 0 fully saturated rings. The molecule has 296 valence electrons. The number of fused-ring (bicyclic) bond motifs is 5. The first-order chi connectivity index (χ1) is 26.2. The molecule has 4 aromatic carbocycles. The van der Waals surface area contributed by atoms with Crippen LogP contribution < -0.4 is 20.7 Å². The third kappa shape index (κ3) is 8.94. The van der Waals surface area contributed by atoms with Crippen molar-refractivity contribution in [3.8, 4) is 17.7 Å². The molecule has 56 heavy (non-hydrogen) atoms. The van der Waals surface area contributed by atoms with Crippen LogP contribution in [0.15, 0.2) is 104 Å². The van der Waals surface area contributed by atoms with Crippen LogP contribution in [0.2, 0.25) is 0 Å². The van der Waals surface area contributed by atoms with Crippen molar-refractivity contribution < 1.29 is 19.5 Å². The fourth-order valence-corrected chi connectivity index (χ4v) is 9.27. The Hall–Kier alpha value is -3.96. The minimum Gasteiger partial charge on any atom is -0.489 e. The minimum atomic E-state index is -0.826. The monoisotopic (exact) mass is 906 g/mol. The van der Waals surface area contributed by atoms with Crippen LogP contribution in [0.4, 0.5) is 0 Å². The number of guanidine groups is 1. The molecule has 0 bridgehead atoms. The number of halogens is 3. The summed E-state index contributed by atoms with van der Waals surface area (Å²) in [5, 5.41) is 18.0. The van der Waals surface area contributed by atoms with E-state index in [1.54, 1.807) is 17.6 Å². The Bertz CT molecular complexity index is 2110. The van der Waals surface area contributed by atoms with Crippen molar-refractivity contribution in [3.05, 3.63) is 127 Å². The molecule has 0 saturated carbocycles. The number of hydroxylamine groups is 3. The van der Waals surface area contributed by atoms with Crippen LogP contribution in [0.25, 0.3) is 0 Å². The molecule has 4 N–H and O–H groups in total. The van der Waals surface area contributed by atoms with Crippen molar-refractivity contribution in [1.82, 2.24) is 10.5 Å². The van der Waals surface area contributed by atoms with E-state index in [0.717, 1.165) is 63.0 Å². The Kier molecular flexibility index (Phi) is 14.6. The number of aliphatic imine (C=N–C) groups is 2. The van der Waals surface area contributed by atoms with E-state index >= 15 is 0 Å². The fraction of sp³-hybridized carbons (Fsp3) is 0.372. The lowest BCUT2D eigenvalue weighted by molar-refractivity contribution is -0.192. The Morgan fingerprint density at radius 2 is 1.45 bits per heavy atom. The highest BCUT2D eigenvalue weighted by atomic mass is 79.9. The zero-order valence-corrected chi connectivity index (χ0v) is 34.7. The van der Waals surface area contributed by atoms with Crippen LogP contribution in [0.3, 0.4) is 0 Å². The summed E-state index contributed by atoms with van der Waals surface area (Å²) < 4.78 is 14.8. The van der Waals surface area contributed by atoms with Crippen molar-refractivity contribution in [2.24, 2.45) is 15.7 Å². The molecule has 9 rings (SSSR count). The summed E-state index contributed by atoms with van der Waals surface area (Å²) in [4.78, 5) is 15.0. The Balaban J connectivity index is 0.000000195. The smallest absolute Gasteiger partial charge is 0.221 e. The third-order valence-corrected chi connectivity index (χ3v) is 11.9. The van der Waals surface area contributed by atoms with Gasteiger partial charge >= 0.3 is 0 Å². The van der Waals surface area contributed by atoms with E-state index < -0.39 is 5.72 Å². The molecule has 4 aromatic rings. The largest absolute Gasteiger partial charge is 0.489 e. The molecule has 0 aromatic heterocycles. The normalized spacial score (nSPS) is 24.5. The van der Waals surface area contributed by atoms with Gasteiger partial charge in [0.15, 0.2) is 0 Å². The van der Waals surface area contributed by atoms with Crippen LogP contribution in [-0.2, 0) is 23.4 Å². The number of ether oxygens (including phenoxy) is 2.